The third kappa shape index (κ3) is 6.14. The summed E-state index contributed by atoms with van der Waals surface area (Å²) in [7, 11) is 3.87. The van der Waals surface area contributed by atoms with Gasteiger partial charge in [0.05, 0.1) is 0 Å². The van der Waals surface area contributed by atoms with Crippen LogP contribution < -0.4 is 20.7 Å². The fourth-order valence-corrected chi connectivity index (χ4v) is 4.97. The van der Waals surface area contributed by atoms with Crippen molar-refractivity contribution in [2.45, 2.75) is 31.7 Å². The monoisotopic (exact) mass is 560 g/mol. The van der Waals surface area contributed by atoms with Crippen LogP contribution in [0.25, 0.3) is 0 Å². The van der Waals surface area contributed by atoms with E-state index in [1.165, 1.54) is 29.2 Å². The van der Waals surface area contributed by atoms with Crippen LogP contribution >= 0.6 is 0 Å². The number of nitrogens with zero attached hydrogens (tertiary/aromatic N) is 4. The number of carbonyl (C=O) groups excluding carboxylic acids is 3. The van der Waals surface area contributed by atoms with Crippen molar-refractivity contribution in [2.24, 2.45) is 11.1 Å². The van der Waals surface area contributed by atoms with E-state index in [4.69, 9.17) is 10.5 Å². The third-order valence-electron chi connectivity index (χ3n) is 7.77. The second-order valence-electron chi connectivity index (χ2n) is 10.6. The standard InChI is InChI=1S/C30H33FN6O4/c1-35-17-12-21(13-18-35)36(2)29(40)34-26-19-25(11-16-33-26)41-24-9-7-23(8-10-24)37(22-5-3-20(31)4-6-22)28(39)30(14-15-30)27(32)38/h3-11,16,19,21H,12-15,17-18H2,1-2H3,(H2,32,38)(H,33,34,40). The van der Waals surface area contributed by atoms with Gasteiger partial charge >= 0.3 is 6.03 Å². The van der Waals surface area contributed by atoms with E-state index in [1.54, 1.807) is 54.5 Å². The molecular weight excluding hydrogens is 527 g/mol. The van der Waals surface area contributed by atoms with Gasteiger partial charge in [0.1, 0.15) is 28.5 Å². The number of aromatic nitrogens is 1. The molecule has 2 heterocycles. The molecule has 10 nitrogen and oxygen atoms in total. The van der Waals surface area contributed by atoms with Crippen molar-refractivity contribution >= 4 is 35.0 Å². The Morgan fingerprint density at radius 1 is 1.00 bits per heavy atom. The van der Waals surface area contributed by atoms with Crippen molar-refractivity contribution in [3.8, 4) is 11.5 Å². The highest BCUT2D eigenvalue weighted by molar-refractivity contribution is 6.16. The van der Waals surface area contributed by atoms with Gasteiger partial charge in [-0.3, -0.25) is 19.8 Å². The summed E-state index contributed by atoms with van der Waals surface area (Å²) in [5.74, 6) is -0.275. The number of likely N-dealkylation sites (tertiary alicyclic amines) is 1. The van der Waals surface area contributed by atoms with Crippen LogP contribution in [0.2, 0.25) is 0 Å². The number of benzene rings is 2. The number of nitrogens with one attached hydrogen (secondary N) is 1. The number of anilines is 3. The van der Waals surface area contributed by atoms with Crippen molar-refractivity contribution in [1.82, 2.24) is 14.8 Å². The lowest BCUT2D eigenvalue weighted by Gasteiger charge is -2.34. The molecule has 1 aliphatic carbocycles. The molecule has 0 radical (unpaired) electrons. The number of amides is 4. The number of urea groups is 1. The first-order chi connectivity index (χ1) is 19.7. The molecule has 0 unspecified atom stereocenters. The minimum Gasteiger partial charge on any atom is -0.457 e. The van der Waals surface area contributed by atoms with E-state index >= 15 is 0 Å². The number of pyridine rings is 1. The summed E-state index contributed by atoms with van der Waals surface area (Å²) in [6, 6.07) is 15.4. The van der Waals surface area contributed by atoms with E-state index in [0.29, 0.717) is 41.5 Å². The Bertz CT molecular complexity index is 1420. The molecule has 2 fully saturated rings. The predicted molar refractivity (Wildman–Crippen MR) is 152 cm³/mol. The van der Waals surface area contributed by atoms with Gasteiger partial charge in [-0.25, -0.2) is 14.2 Å². The van der Waals surface area contributed by atoms with Crippen LogP contribution in [0.5, 0.6) is 11.5 Å². The quantitative estimate of drug-likeness (QED) is 0.392. The first kappa shape index (κ1) is 28.0. The lowest BCUT2D eigenvalue weighted by molar-refractivity contribution is -0.133. The number of nitrogens with two attached hydrogens (primary N) is 1. The first-order valence-corrected chi connectivity index (χ1v) is 13.5. The SMILES string of the molecule is CN1CCC(N(C)C(=O)Nc2cc(Oc3ccc(N(C(=O)C4(C(N)=O)CC4)c4ccc(F)cc4)cc3)ccn2)CC1. The summed E-state index contributed by atoms with van der Waals surface area (Å²) >= 11 is 0. The number of piperidine rings is 1. The Morgan fingerprint density at radius 2 is 1.61 bits per heavy atom. The zero-order chi connectivity index (χ0) is 29.1. The molecule has 4 amide bonds. The Balaban J connectivity index is 1.29. The maximum Gasteiger partial charge on any atom is 0.323 e. The third-order valence-corrected chi connectivity index (χ3v) is 7.77. The number of hydrogen-bond acceptors (Lipinski definition) is 6. The maximum absolute atomic E-state index is 13.6. The van der Waals surface area contributed by atoms with Crippen molar-refractivity contribution in [1.29, 1.82) is 0 Å². The fourth-order valence-electron chi connectivity index (χ4n) is 4.97. The topological polar surface area (TPSA) is 121 Å². The molecule has 0 bridgehead atoms. The Hall–Kier alpha value is -4.51. The first-order valence-electron chi connectivity index (χ1n) is 13.5. The fraction of sp³-hybridized carbons (Fsp3) is 0.333. The Labute approximate surface area is 237 Å². The van der Waals surface area contributed by atoms with Crippen molar-refractivity contribution in [2.75, 3.05) is 37.4 Å². The van der Waals surface area contributed by atoms with E-state index in [2.05, 4.69) is 22.2 Å². The summed E-state index contributed by atoms with van der Waals surface area (Å²) in [5.41, 5.74) is 5.19. The molecular formula is C30H33FN6O4. The van der Waals surface area contributed by atoms with Gasteiger partial charge in [-0.1, -0.05) is 0 Å². The molecule has 1 saturated heterocycles. The van der Waals surface area contributed by atoms with Gasteiger partial charge in [-0.2, -0.15) is 0 Å². The zero-order valence-corrected chi connectivity index (χ0v) is 23.0. The maximum atomic E-state index is 13.6. The largest absolute Gasteiger partial charge is 0.457 e. The minimum absolute atomic E-state index is 0.170. The van der Waals surface area contributed by atoms with Crippen LogP contribution in [0.3, 0.4) is 0 Å². The molecule has 1 aliphatic heterocycles. The summed E-state index contributed by atoms with van der Waals surface area (Å²) < 4.78 is 19.6. The highest BCUT2D eigenvalue weighted by atomic mass is 19.1. The van der Waals surface area contributed by atoms with E-state index < -0.39 is 23.0 Å². The van der Waals surface area contributed by atoms with E-state index in [9.17, 15) is 18.8 Å². The van der Waals surface area contributed by atoms with E-state index in [-0.39, 0.29) is 12.1 Å². The number of carbonyl (C=O) groups is 3. The molecule has 1 saturated carbocycles. The number of hydrogen-bond donors (Lipinski definition) is 2. The van der Waals surface area contributed by atoms with Gasteiger partial charge < -0.3 is 20.3 Å². The van der Waals surface area contributed by atoms with Crippen LogP contribution in [0.15, 0.2) is 66.9 Å². The molecule has 0 atom stereocenters. The summed E-state index contributed by atoms with van der Waals surface area (Å²) in [4.78, 5) is 48.0. The van der Waals surface area contributed by atoms with Crippen LogP contribution in [0.4, 0.5) is 26.4 Å². The Kier molecular flexibility index (Phi) is 7.89. The van der Waals surface area contributed by atoms with Gasteiger partial charge in [-0.15, -0.1) is 0 Å². The normalized spacial score (nSPS) is 16.5. The van der Waals surface area contributed by atoms with Crippen molar-refractivity contribution in [3.05, 3.63) is 72.7 Å². The molecule has 214 valence electrons. The summed E-state index contributed by atoms with van der Waals surface area (Å²) in [6.45, 7) is 1.90. The van der Waals surface area contributed by atoms with Gasteiger partial charge in [-0.05, 0) is 100 Å². The van der Waals surface area contributed by atoms with Gasteiger partial charge in [0, 0.05) is 36.7 Å². The number of ether oxygens (including phenoxy) is 1. The van der Waals surface area contributed by atoms with Gasteiger partial charge in [0.25, 0.3) is 0 Å². The lowest BCUT2D eigenvalue weighted by atomic mass is 10.0. The van der Waals surface area contributed by atoms with E-state index in [0.717, 1.165) is 25.9 Å². The average Bonchev–Trinajstić information content (AvgIpc) is 3.78. The molecule has 1 aromatic heterocycles. The number of rotatable bonds is 8. The molecule has 3 N–H and O–H groups in total. The number of primary amides is 1. The van der Waals surface area contributed by atoms with Crippen molar-refractivity contribution in [3.63, 3.8) is 0 Å². The molecule has 2 aromatic carbocycles. The highest BCUT2D eigenvalue weighted by Crippen LogP contribution is 2.49. The van der Waals surface area contributed by atoms with E-state index in [1.807, 2.05) is 0 Å². The zero-order valence-electron chi connectivity index (χ0n) is 23.0. The Morgan fingerprint density at radius 3 is 2.20 bits per heavy atom. The number of halogens is 1. The lowest BCUT2D eigenvalue weighted by Crippen LogP contribution is -2.46. The smallest absolute Gasteiger partial charge is 0.323 e. The summed E-state index contributed by atoms with van der Waals surface area (Å²) in [5, 5.41) is 2.84. The molecule has 41 heavy (non-hydrogen) atoms. The molecule has 11 heteroatoms. The summed E-state index contributed by atoms with van der Waals surface area (Å²) in [6.07, 6.45) is 4.12. The predicted octanol–water partition coefficient (Wildman–Crippen LogP) is 4.50. The van der Waals surface area contributed by atoms with Gasteiger partial charge in [0.15, 0.2) is 0 Å². The van der Waals surface area contributed by atoms with Crippen LogP contribution in [0, 0.1) is 11.2 Å². The molecule has 2 aliphatic rings. The highest BCUT2D eigenvalue weighted by Gasteiger charge is 2.57. The second-order valence-corrected chi connectivity index (χ2v) is 10.6. The average molecular weight is 561 g/mol. The second kappa shape index (κ2) is 11.5. The van der Waals surface area contributed by atoms with Crippen molar-refractivity contribution < 1.29 is 23.5 Å². The van der Waals surface area contributed by atoms with Gasteiger partial charge in [0.2, 0.25) is 11.8 Å². The molecule has 0 spiro atoms. The van der Waals surface area contributed by atoms with Crippen LogP contribution in [-0.2, 0) is 9.59 Å². The molecule has 3 aromatic rings. The van der Waals surface area contributed by atoms with Crippen LogP contribution in [-0.4, -0.2) is 65.9 Å². The minimum atomic E-state index is -1.26. The van der Waals surface area contributed by atoms with Crippen LogP contribution in [0.1, 0.15) is 25.7 Å². The molecule has 5 rings (SSSR count).